The van der Waals surface area contributed by atoms with Crippen LogP contribution >= 0.6 is 0 Å². The zero-order valence-corrected chi connectivity index (χ0v) is 50.9. The van der Waals surface area contributed by atoms with Gasteiger partial charge in [-0.05, 0) is 120 Å². The molecule has 0 bridgehead atoms. The highest BCUT2D eigenvalue weighted by molar-refractivity contribution is 5.42. The van der Waals surface area contributed by atoms with Gasteiger partial charge in [-0.2, -0.15) is 0 Å². The molecule has 5 aromatic carbocycles. The van der Waals surface area contributed by atoms with Crippen molar-refractivity contribution >= 4 is 23.3 Å². The van der Waals surface area contributed by atoms with Crippen molar-refractivity contribution in [3.8, 4) is 5.69 Å². The van der Waals surface area contributed by atoms with Crippen LogP contribution in [0.15, 0.2) is 202 Å². The largest absolute Gasteiger partial charge is 0.365 e. The second kappa shape index (κ2) is 31.4. The van der Waals surface area contributed by atoms with Crippen molar-refractivity contribution in [3.05, 3.63) is 281 Å². The first-order valence-corrected chi connectivity index (χ1v) is 29.7. The predicted octanol–water partition coefficient (Wildman–Crippen LogP) is 10.8. The Morgan fingerprint density at radius 1 is 0.477 bits per heavy atom. The Kier molecular flexibility index (Phi) is 23.3. The number of aromatic amines is 4. The fourth-order valence-electron chi connectivity index (χ4n) is 10.0. The summed E-state index contributed by atoms with van der Waals surface area (Å²) in [4.78, 5) is 108. The van der Waals surface area contributed by atoms with Crippen LogP contribution in [-0.2, 0) is 6.54 Å². The fourth-order valence-corrected chi connectivity index (χ4v) is 10.0. The van der Waals surface area contributed by atoms with Crippen LogP contribution in [0.1, 0.15) is 151 Å². The van der Waals surface area contributed by atoms with Crippen LogP contribution in [0.25, 0.3) is 5.69 Å². The first-order chi connectivity index (χ1) is 42.2. The van der Waals surface area contributed by atoms with Gasteiger partial charge in [-0.3, -0.25) is 52.8 Å². The average Bonchev–Trinajstić information content (AvgIpc) is 2.59. The summed E-state index contributed by atoms with van der Waals surface area (Å²) in [7, 11) is 0. The molecule has 4 aromatic heterocycles. The van der Waals surface area contributed by atoms with Gasteiger partial charge in [0.1, 0.15) is 29.1 Å². The molecule has 4 atom stereocenters. The lowest BCUT2D eigenvalue weighted by Crippen LogP contribution is -2.40. The van der Waals surface area contributed by atoms with E-state index in [0.29, 0.717) is 35.4 Å². The maximum absolute atomic E-state index is 13.6. The van der Waals surface area contributed by atoms with Crippen LogP contribution in [0, 0.1) is 12.7 Å². The summed E-state index contributed by atoms with van der Waals surface area (Å²) in [6.45, 7) is 15.7. The minimum Gasteiger partial charge on any atom is -0.365 e. The SMILES string of the molecule is CCC[C@H](Nc1cc(=O)n(C(C)C)c(=O)[nH]1)c1ccccc1.CCCn1c(=O)cc(N[C@@H](C)c2ccccc2)[nH]c1=O.C[C@H](Nc1cc(=O)n(C2CCC2)c(=O)[nH]1)c1ccccc1.Cc1cc(F)cc(-n2c(=O)cc(N[C@@H](C)c3ccccc3)[nH]c2=O)c1. The van der Waals surface area contributed by atoms with Crippen molar-refractivity contribution in [3.63, 3.8) is 0 Å². The average molecular weight is 1200 g/mol. The van der Waals surface area contributed by atoms with Gasteiger partial charge >= 0.3 is 22.8 Å². The van der Waals surface area contributed by atoms with E-state index >= 15 is 0 Å². The molecule has 4 heterocycles. The number of nitrogens with zero attached hydrogens (tertiary/aromatic N) is 4. The molecule has 1 fully saturated rings. The van der Waals surface area contributed by atoms with Crippen LogP contribution in [0.3, 0.4) is 0 Å². The lowest BCUT2D eigenvalue weighted by Gasteiger charge is -2.26. The van der Waals surface area contributed by atoms with Gasteiger partial charge < -0.3 is 21.3 Å². The highest BCUT2D eigenvalue weighted by atomic mass is 19.1. The number of halogens is 1. The summed E-state index contributed by atoms with van der Waals surface area (Å²) in [6.07, 6.45) is 5.57. The fraction of sp³-hybridized carbons (Fsp3) is 0.313. The Labute approximate surface area is 508 Å². The summed E-state index contributed by atoms with van der Waals surface area (Å²) in [5.41, 5.74) is 2.14. The molecule has 10 rings (SSSR count). The van der Waals surface area contributed by atoms with Crippen LogP contribution in [0.2, 0.25) is 0 Å². The third-order valence-electron chi connectivity index (χ3n) is 14.7. The van der Waals surface area contributed by atoms with E-state index in [9.17, 15) is 42.7 Å². The van der Waals surface area contributed by atoms with E-state index in [2.05, 4.69) is 48.1 Å². The molecular weight excluding hydrogens is 1120 g/mol. The molecule has 9 aromatic rings. The van der Waals surface area contributed by atoms with E-state index in [1.807, 2.05) is 163 Å². The van der Waals surface area contributed by atoms with Crippen LogP contribution in [-0.4, -0.2) is 38.2 Å². The van der Waals surface area contributed by atoms with Crippen LogP contribution in [0.4, 0.5) is 27.7 Å². The van der Waals surface area contributed by atoms with Crippen molar-refractivity contribution in [1.29, 1.82) is 0 Å². The summed E-state index contributed by atoms with van der Waals surface area (Å²) >= 11 is 0. The second-order valence-electron chi connectivity index (χ2n) is 21.9. The summed E-state index contributed by atoms with van der Waals surface area (Å²) in [5.74, 6) is 1.20. The van der Waals surface area contributed by atoms with Gasteiger partial charge in [0, 0.05) is 61.0 Å². The number of hydrogen-bond acceptors (Lipinski definition) is 12. The standard InChI is InChI=1S/C19H18FN3O2.C17H23N3O2.C16H19N3O2.C15H19N3O2/c1-12-8-15(20)10-16(9-12)23-18(24)11-17(22-19(23)25)21-13(2)14-6-4-3-5-7-14;1-4-8-14(13-9-6-5-7-10-13)18-15-11-16(21)20(12(2)3)17(22)19-15;1-11(12-6-3-2-4-7-12)17-14-10-15(20)19(16(21)18-14)13-8-5-9-13;1-3-9-18-14(19)10-13(17-15(18)20)16-11(2)12-7-5-4-6-8-12/h3-11,13,21H,1-2H3,(H,22,25);5-7,9-12,14,18H,4,8H2,1-3H3,(H,19,22);2-4,6-7,10-11,13,17H,5,8-9H2,1H3,(H,18,21);4-8,10-11,16H,3,9H2,1-2H3,(H,17,20)/t13-;14-;2*11-/m0000/s1. The maximum Gasteiger partial charge on any atom is 0.334 e. The minimum atomic E-state index is -0.625. The molecule has 21 heteroatoms. The van der Waals surface area contributed by atoms with Gasteiger partial charge in [-0.25, -0.2) is 28.1 Å². The van der Waals surface area contributed by atoms with E-state index in [1.165, 1.54) is 44.0 Å². The van der Waals surface area contributed by atoms with Crippen molar-refractivity contribution in [2.45, 2.75) is 137 Å². The van der Waals surface area contributed by atoms with E-state index in [-0.39, 0.29) is 75.7 Å². The van der Waals surface area contributed by atoms with Crippen molar-refractivity contribution in [2.75, 3.05) is 21.3 Å². The zero-order chi connectivity index (χ0) is 63.4. The topological polar surface area (TPSA) is 268 Å². The first-order valence-electron chi connectivity index (χ1n) is 29.7. The molecule has 0 saturated heterocycles. The van der Waals surface area contributed by atoms with E-state index in [0.717, 1.165) is 71.4 Å². The molecule has 0 unspecified atom stereocenters. The molecule has 8 N–H and O–H groups in total. The van der Waals surface area contributed by atoms with Gasteiger partial charge in [-0.15, -0.1) is 0 Å². The number of hydrogen-bond donors (Lipinski definition) is 8. The zero-order valence-electron chi connectivity index (χ0n) is 50.9. The molecule has 462 valence electrons. The number of rotatable bonds is 19. The summed E-state index contributed by atoms with van der Waals surface area (Å²) in [6, 6.07) is 49.0. The van der Waals surface area contributed by atoms with Crippen LogP contribution < -0.4 is 66.3 Å². The van der Waals surface area contributed by atoms with E-state index < -0.39 is 17.1 Å². The lowest BCUT2D eigenvalue weighted by atomic mass is 9.93. The van der Waals surface area contributed by atoms with Crippen molar-refractivity contribution < 1.29 is 4.39 Å². The first kappa shape index (κ1) is 65.5. The van der Waals surface area contributed by atoms with E-state index in [1.54, 1.807) is 13.0 Å². The molecule has 0 radical (unpaired) electrons. The second-order valence-corrected chi connectivity index (χ2v) is 21.9. The summed E-state index contributed by atoms with van der Waals surface area (Å²) < 4.78 is 18.2. The normalized spacial score (nSPS) is 13.1. The van der Waals surface area contributed by atoms with Gasteiger partial charge in [0.05, 0.1) is 11.7 Å². The number of anilines is 4. The Hall–Kier alpha value is -10.1. The van der Waals surface area contributed by atoms with Gasteiger partial charge in [0.15, 0.2) is 0 Å². The van der Waals surface area contributed by atoms with Crippen molar-refractivity contribution in [2.24, 2.45) is 0 Å². The molecule has 1 aliphatic rings. The molecular formula is C67H79FN12O8. The smallest absolute Gasteiger partial charge is 0.334 e. The Balaban J connectivity index is 0.000000168. The Bertz CT molecular complexity index is 4070. The van der Waals surface area contributed by atoms with Gasteiger partial charge in [0.25, 0.3) is 22.2 Å². The van der Waals surface area contributed by atoms with Gasteiger partial charge in [0.2, 0.25) is 0 Å². The maximum atomic E-state index is 13.6. The quantitative estimate of drug-likeness (QED) is 0.0376. The minimum absolute atomic E-state index is 0.00766. The van der Waals surface area contributed by atoms with Crippen molar-refractivity contribution in [1.82, 2.24) is 38.2 Å². The Morgan fingerprint density at radius 3 is 1.32 bits per heavy atom. The lowest BCUT2D eigenvalue weighted by molar-refractivity contribution is 0.296. The molecule has 88 heavy (non-hydrogen) atoms. The van der Waals surface area contributed by atoms with E-state index in [4.69, 9.17) is 0 Å². The number of aryl methyl sites for hydroxylation is 1. The number of aromatic nitrogens is 8. The summed E-state index contributed by atoms with van der Waals surface area (Å²) in [5, 5.41) is 12.7. The monoisotopic (exact) mass is 1200 g/mol. The highest BCUT2D eigenvalue weighted by Gasteiger charge is 2.23. The third-order valence-corrected chi connectivity index (χ3v) is 14.7. The number of nitrogens with one attached hydrogen (secondary N) is 8. The predicted molar refractivity (Wildman–Crippen MR) is 348 cm³/mol. The molecule has 0 spiro atoms. The molecule has 0 amide bonds. The molecule has 1 saturated carbocycles. The highest BCUT2D eigenvalue weighted by Crippen LogP contribution is 2.29. The van der Waals surface area contributed by atoms with Crippen LogP contribution in [0.5, 0.6) is 0 Å². The number of benzene rings is 5. The van der Waals surface area contributed by atoms with Gasteiger partial charge in [-0.1, -0.05) is 142 Å². The molecule has 20 nitrogen and oxygen atoms in total. The Morgan fingerprint density at radius 2 is 0.909 bits per heavy atom. The molecule has 1 aliphatic carbocycles. The third kappa shape index (κ3) is 18.0. The number of H-pyrrole nitrogens is 4. The molecule has 0 aliphatic heterocycles.